The molecule has 0 fully saturated rings. The molecule has 0 atom stereocenters. The van der Waals surface area contributed by atoms with Crippen molar-refractivity contribution < 1.29 is 19.1 Å². The lowest BCUT2D eigenvalue weighted by atomic mass is 10.3. The highest BCUT2D eigenvalue weighted by Crippen LogP contribution is 1.96. The van der Waals surface area contributed by atoms with Gasteiger partial charge >= 0.3 is 5.97 Å². The molecule has 0 aliphatic heterocycles. The zero-order valence-electron chi connectivity index (χ0n) is 10.6. The van der Waals surface area contributed by atoms with Gasteiger partial charge in [0.25, 0.3) is 0 Å². The topological polar surface area (TPSA) is 63.7 Å². The maximum atomic E-state index is 11.0. The number of rotatable bonds is 10. The minimum absolute atomic E-state index is 0.173. The van der Waals surface area contributed by atoms with E-state index in [0.29, 0.717) is 13.0 Å². The smallest absolute Gasteiger partial charge is 0.313 e. The standard InChI is InChI=1S/C12H21NO4/c1-3-4-6-13(10-14)7-5-8-17-12(16)9-11(2)15/h10H,3-9H2,1-2H3. The minimum atomic E-state index is -0.497. The molecular formula is C12H21NO4. The van der Waals surface area contributed by atoms with Gasteiger partial charge in [-0.25, -0.2) is 0 Å². The van der Waals surface area contributed by atoms with Crippen LogP contribution in [-0.2, 0) is 19.1 Å². The van der Waals surface area contributed by atoms with E-state index in [1.807, 2.05) is 0 Å². The lowest BCUT2D eigenvalue weighted by Crippen LogP contribution is -2.25. The third-order valence-electron chi connectivity index (χ3n) is 2.19. The summed E-state index contributed by atoms with van der Waals surface area (Å²) in [5.41, 5.74) is 0. The van der Waals surface area contributed by atoms with E-state index in [4.69, 9.17) is 4.74 Å². The van der Waals surface area contributed by atoms with Gasteiger partial charge in [0.05, 0.1) is 6.61 Å². The van der Waals surface area contributed by atoms with Gasteiger partial charge in [0.2, 0.25) is 6.41 Å². The second kappa shape index (κ2) is 9.81. The number of ether oxygens (including phenoxy) is 1. The van der Waals surface area contributed by atoms with Crippen molar-refractivity contribution in [1.29, 1.82) is 0 Å². The van der Waals surface area contributed by atoms with Gasteiger partial charge in [-0.3, -0.25) is 14.4 Å². The Morgan fingerprint density at radius 2 is 1.88 bits per heavy atom. The number of amides is 1. The zero-order chi connectivity index (χ0) is 13.1. The molecule has 17 heavy (non-hydrogen) atoms. The first-order chi connectivity index (χ1) is 8.10. The van der Waals surface area contributed by atoms with E-state index in [0.717, 1.165) is 25.8 Å². The average Bonchev–Trinajstić information content (AvgIpc) is 2.27. The number of hydrogen-bond acceptors (Lipinski definition) is 4. The van der Waals surface area contributed by atoms with Crippen molar-refractivity contribution in [2.45, 2.75) is 39.5 Å². The summed E-state index contributed by atoms with van der Waals surface area (Å²) in [5, 5.41) is 0. The van der Waals surface area contributed by atoms with Gasteiger partial charge in [0.1, 0.15) is 12.2 Å². The van der Waals surface area contributed by atoms with E-state index in [1.54, 1.807) is 4.90 Å². The van der Waals surface area contributed by atoms with Crippen molar-refractivity contribution >= 4 is 18.2 Å². The van der Waals surface area contributed by atoms with Crippen molar-refractivity contribution in [2.75, 3.05) is 19.7 Å². The molecule has 0 radical (unpaired) electrons. The number of hydrogen-bond donors (Lipinski definition) is 0. The fourth-order valence-electron chi connectivity index (χ4n) is 1.29. The van der Waals surface area contributed by atoms with Crippen LogP contribution >= 0.6 is 0 Å². The zero-order valence-corrected chi connectivity index (χ0v) is 10.6. The number of ketones is 1. The van der Waals surface area contributed by atoms with Crippen molar-refractivity contribution in [3.05, 3.63) is 0 Å². The highest BCUT2D eigenvalue weighted by molar-refractivity contribution is 5.94. The Labute approximate surface area is 102 Å². The fraction of sp³-hybridized carbons (Fsp3) is 0.750. The second-order valence-electron chi connectivity index (χ2n) is 3.95. The maximum absolute atomic E-state index is 11.0. The molecule has 0 aliphatic carbocycles. The molecule has 0 bridgehead atoms. The van der Waals surface area contributed by atoms with Gasteiger partial charge in [0.15, 0.2) is 0 Å². The molecule has 0 aliphatic rings. The SMILES string of the molecule is CCCCN(C=O)CCCOC(=O)CC(C)=O. The van der Waals surface area contributed by atoms with Crippen LogP contribution in [0.2, 0.25) is 0 Å². The first-order valence-electron chi connectivity index (χ1n) is 5.94. The van der Waals surface area contributed by atoms with Gasteiger partial charge in [-0.05, 0) is 19.8 Å². The summed E-state index contributed by atoms with van der Waals surface area (Å²) in [7, 11) is 0. The Kier molecular flexibility index (Phi) is 9.01. The molecule has 0 saturated heterocycles. The first kappa shape index (κ1) is 15.6. The lowest BCUT2D eigenvalue weighted by molar-refractivity contribution is -0.145. The van der Waals surface area contributed by atoms with E-state index in [2.05, 4.69) is 6.92 Å². The molecular weight excluding hydrogens is 222 g/mol. The van der Waals surface area contributed by atoms with E-state index >= 15 is 0 Å². The quantitative estimate of drug-likeness (QED) is 0.250. The van der Waals surface area contributed by atoms with Gasteiger partial charge in [-0.1, -0.05) is 13.3 Å². The Morgan fingerprint density at radius 3 is 2.41 bits per heavy atom. The molecule has 0 heterocycles. The molecule has 0 aromatic heterocycles. The predicted octanol–water partition coefficient (Wildman–Crippen LogP) is 1.16. The highest BCUT2D eigenvalue weighted by atomic mass is 16.5. The van der Waals surface area contributed by atoms with Crippen LogP contribution in [0.25, 0.3) is 0 Å². The van der Waals surface area contributed by atoms with Gasteiger partial charge in [0, 0.05) is 13.1 Å². The van der Waals surface area contributed by atoms with Crippen LogP contribution in [0.5, 0.6) is 0 Å². The Morgan fingerprint density at radius 1 is 1.24 bits per heavy atom. The van der Waals surface area contributed by atoms with Crippen LogP contribution in [0, 0.1) is 0 Å². The van der Waals surface area contributed by atoms with Crippen molar-refractivity contribution in [2.24, 2.45) is 0 Å². The van der Waals surface area contributed by atoms with Crippen LogP contribution in [0.15, 0.2) is 0 Å². The van der Waals surface area contributed by atoms with Crippen LogP contribution < -0.4 is 0 Å². The van der Waals surface area contributed by atoms with Gasteiger partial charge < -0.3 is 9.64 Å². The van der Waals surface area contributed by atoms with E-state index in [1.165, 1.54) is 6.92 Å². The molecule has 0 aromatic carbocycles. The van der Waals surface area contributed by atoms with E-state index < -0.39 is 5.97 Å². The normalized spacial score (nSPS) is 9.76. The van der Waals surface area contributed by atoms with E-state index in [9.17, 15) is 14.4 Å². The van der Waals surface area contributed by atoms with Gasteiger partial charge in [-0.2, -0.15) is 0 Å². The second-order valence-corrected chi connectivity index (χ2v) is 3.95. The lowest BCUT2D eigenvalue weighted by Gasteiger charge is -2.16. The molecule has 5 nitrogen and oxygen atoms in total. The van der Waals surface area contributed by atoms with Crippen LogP contribution in [-0.4, -0.2) is 42.8 Å². The third kappa shape index (κ3) is 9.53. The number of Topliss-reactive ketones (excluding diaryl/α,β-unsaturated/α-hetero) is 1. The maximum Gasteiger partial charge on any atom is 0.313 e. The largest absolute Gasteiger partial charge is 0.465 e. The van der Waals surface area contributed by atoms with Crippen molar-refractivity contribution in [1.82, 2.24) is 4.90 Å². The summed E-state index contributed by atoms with van der Waals surface area (Å²) >= 11 is 0. The Hall–Kier alpha value is -1.39. The molecule has 0 spiro atoms. The molecule has 98 valence electrons. The average molecular weight is 243 g/mol. The molecule has 0 unspecified atom stereocenters. The monoisotopic (exact) mass is 243 g/mol. The third-order valence-corrected chi connectivity index (χ3v) is 2.19. The Bertz CT molecular complexity index is 253. The summed E-state index contributed by atoms with van der Waals surface area (Å²) < 4.78 is 4.85. The van der Waals surface area contributed by atoms with Gasteiger partial charge in [-0.15, -0.1) is 0 Å². The summed E-state index contributed by atoms with van der Waals surface area (Å²) in [5.74, 6) is -0.698. The minimum Gasteiger partial charge on any atom is -0.465 e. The Balaban J connectivity index is 3.57. The molecule has 5 heteroatoms. The number of nitrogens with zero attached hydrogens (tertiary/aromatic N) is 1. The fourth-order valence-corrected chi connectivity index (χ4v) is 1.29. The molecule has 0 aromatic rings. The van der Waals surface area contributed by atoms with E-state index in [-0.39, 0.29) is 18.8 Å². The molecule has 0 saturated carbocycles. The first-order valence-corrected chi connectivity index (χ1v) is 5.94. The molecule has 1 amide bonds. The summed E-state index contributed by atoms with van der Waals surface area (Å²) in [4.78, 5) is 33.9. The van der Waals surface area contributed by atoms with Crippen LogP contribution in [0.4, 0.5) is 0 Å². The number of esters is 1. The predicted molar refractivity (Wildman–Crippen MR) is 63.4 cm³/mol. The van der Waals surface area contributed by atoms with Crippen molar-refractivity contribution in [3.63, 3.8) is 0 Å². The highest BCUT2D eigenvalue weighted by Gasteiger charge is 2.06. The number of carbonyl (C=O) groups excluding carboxylic acids is 3. The summed E-state index contributed by atoms with van der Waals surface area (Å²) in [6.45, 7) is 4.98. The number of unbranched alkanes of at least 4 members (excludes halogenated alkanes) is 1. The van der Waals surface area contributed by atoms with Crippen molar-refractivity contribution in [3.8, 4) is 0 Å². The number of carbonyl (C=O) groups is 3. The van der Waals surface area contributed by atoms with Crippen LogP contribution in [0.1, 0.15) is 39.5 Å². The summed E-state index contributed by atoms with van der Waals surface area (Å²) in [6, 6.07) is 0. The molecule has 0 rings (SSSR count). The summed E-state index contributed by atoms with van der Waals surface area (Å²) in [6.07, 6.45) is 3.26. The van der Waals surface area contributed by atoms with Crippen LogP contribution in [0.3, 0.4) is 0 Å². The molecule has 0 N–H and O–H groups in total.